The first kappa shape index (κ1) is 99.1. The number of unbranched alkanes of at least 4 members (excludes halogenated alkanes) is 50. The predicted octanol–water partition coefficient (Wildman–Crippen LogP) is 24.7. The van der Waals surface area contributed by atoms with Gasteiger partial charge < -0.3 is 33.8 Å². The molecule has 0 aliphatic rings. The van der Waals surface area contributed by atoms with E-state index in [0.717, 1.165) is 115 Å². The van der Waals surface area contributed by atoms with E-state index in [0.29, 0.717) is 25.7 Å². The molecule has 101 heavy (non-hydrogen) atoms. The van der Waals surface area contributed by atoms with Crippen LogP contribution in [0.3, 0.4) is 0 Å². The molecular formula is C82H160O17P2. The summed E-state index contributed by atoms with van der Waals surface area (Å²) in [7, 11) is -9.91. The molecule has 0 saturated carbocycles. The highest BCUT2D eigenvalue weighted by Crippen LogP contribution is 2.45. The Morgan fingerprint density at radius 1 is 0.287 bits per heavy atom. The maximum Gasteiger partial charge on any atom is 0.472 e. The van der Waals surface area contributed by atoms with E-state index in [1.807, 2.05) is 0 Å². The van der Waals surface area contributed by atoms with Crippen molar-refractivity contribution in [3.05, 3.63) is 0 Å². The number of aliphatic hydroxyl groups excluding tert-OH is 1. The van der Waals surface area contributed by atoms with Gasteiger partial charge in [-0.1, -0.05) is 382 Å². The number of ether oxygens (including phenoxy) is 4. The number of aliphatic hydroxyl groups is 1. The molecule has 0 aromatic carbocycles. The Morgan fingerprint density at radius 2 is 0.505 bits per heavy atom. The van der Waals surface area contributed by atoms with E-state index in [4.69, 9.17) is 37.0 Å². The van der Waals surface area contributed by atoms with E-state index in [1.165, 1.54) is 238 Å². The lowest BCUT2D eigenvalue weighted by Crippen LogP contribution is -2.30. The zero-order valence-electron chi connectivity index (χ0n) is 66.2. The van der Waals surface area contributed by atoms with Gasteiger partial charge in [-0.25, -0.2) is 9.13 Å². The Balaban J connectivity index is 5.17. The first-order chi connectivity index (χ1) is 48.9. The van der Waals surface area contributed by atoms with Crippen molar-refractivity contribution in [3.63, 3.8) is 0 Å². The Labute approximate surface area is 619 Å². The minimum absolute atomic E-state index is 0.106. The molecule has 17 nitrogen and oxygen atoms in total. The third kappa shape index (κ3) is 74.7. The van der Waals surface area contributed by atoms with Crippen LogP contribution in [-0.2, 0) is 65.4 Å². The number of carbonyl (C=O) groups is 4. The molecule has 0 aromatic heterocycles. The van der Waals surface area contributed by atoms with Gasteiger partial charge in [0.1, 0.15) is 19.3 Å². The highest BCUT2D eigenvalue weighted by atomic mass is 31.2. The van der Waals surface area contributed by atoms with E-state index < -0.39 is 97.5 Å². The van der Waals surface area contributed by atoms with E-state index >= 15 is 0 Å². The van der Waals surface area contributed by atoms with Crippen LogP contribution in [0.15, 0.2) is 0 Å². The van der Waals surface area contributed by atoms with Gasteiger partial charge in [-0.3, -0.25) is 37.3 Å². The van der Waals surface area contributed by atoms with Crippen molar-refractivity contribution in [2.24, 2.45) is 11.8 Å². The summed E-state index contributed by atoms with van der Waals surface area (Å²) in [5.41, 5.74) is 0. The Hall–Kier alpha value is -1.94. The van der Waals surface area contributed by atoms with Crippen LogP contribution < -0.4 is 0 Å². The minimum Gasteiger partial charge on any atom is -0.462 e. The summed E-state index contributed by atoms with van der Waals surface area (Å²) in [6.45, 7) is 9.66. The highest BCUT2D eigenvalue weighted by molar-refractivity contribution is 7.47. The van der Waals surface area contributed by atoms with Gasteiger partial charge in [0.2, 0.25) is 0 Å². The first-order valence-electron chi connectivity index (χ1n) is 42.5. The van der Waals surface area contributed by atoms with Gasteiger partial charge >= 0.3 is 39.5 Å². The fourth-order valence-corrected chi connectivity index (χ4v) is 14.3. The standard InChI is InChI=1S/C82H160O17P2/c1-7-10-12-14-16-17-18-19-20-21-25-28-31-36-41-47-53-59-65-80(85)93-71-78(99-81(86)66-60-54-48-42-37-32-29-26-23-22-24-27-30-35-40-46-51-57-63-75(6)9-3)73-97-101(90,91)95-69-76(83)68-94-100(88,89)96-72-77(70-92-79(84)64-58-52-44-15-13-11-8-2)98-82(87)67-61-55-49-43-38-33-34-39-45-50-56-62-74(4)5/h74-78,83H,7-73H2,1-6H3,(H,88,89)(H,90,91)/t75?,76-,77+,78+/m0/s1. The molecule has 0 fully saturated rings. The Bertz CT molecular complexity index is 1940. The van der Waals surface area contributed by atoms with Gasteiger partial charge in [0, 0.05) is 25.7 Å². The molecule has 6 atom stereocenters. The normalized spacial score (nSPS) is 14.2. The molecule has 0 amide bonds. The third-order valence-corrected chi connectivity index (χ3v) is 21.5. The molecular weight excluding hydrogens is 1320 g/mol. The van der Waals surface area contributed by atoms with Crippen molar-refractivity contribution in [3.8, 4) is 0 Å². The van der Waals surface area contributed by atoms with Crippen LogP contribution in [0.1, 0.15) is 433 Å². The lowest BCUT2D eigenvalue weighted by Gasteiger charge is -2.21. The Kier molecular flexibility index (Phi) is 72.2. The lowest BCUT2D eigenvalue weighted by atomic mass is 9.99. The van der Waals surface area contributed by atoms with Gasteiger partial charge in [-0.15, -0.1) is 0 Å². The van der Waals surface area contributed by atoms with Crippen molar-refractivity contribution in [2.75, 3.05) is 39.6 Å². The van der Waals surface area contributed by atoms with Crippen LogP contribution >= 0.6 is 15.6 Å². The first-order valence-corrected chi connectivity index (χ1v) is 45.5. The van der Waals surface area contributed by atoms with Crippen LogP contribution in [0.4, 0.5) is 0 Å². The molecule has 0 bridgehead atoms. The summed E-state index contributed by atoms with van der Waals surface area (Å²) in [6.07, 6.45) is 64.0. The largest absolute Gasteiger partial charge is 0.472 e. The molecule has 19 heteroatoms. The number of phosphoric ester groups is 2. The van der Waals surface area contributed by atoms with Crippen LogP contribution in [0.5, 0.6) is 0 Å². The van der Waals surface area contributed by atoms with Crippen LogP contribution in [0.2, 0.25) is 0 Å². The average Bonchev–Trinajstić information content (AvgIpc) is 2.39. The van der Waals surface area contributed by atoms with Crippen molar-refractivity contribution in [1.29, 1.82) is 0 Å². The summed E-state index contributed by atoms with van der Waals surface area (Å²) in [6, 6.07) is 0. The quantitative estimate of drug-likeness (QED) is 0.0222. The summed E-state index contributed by atoms with van der Waals surface area (Å²) in [4.78, 5) is 72.9. The van der Waals surface area contributed by atoms with Crippen LogP contribution in [0.25, 0.3) is 0 Å². The van der Waals surface area contributed by atoms with E-state index in [2.05, 4.69) is 41.5 Å². The van der Waals surface area contributed by atoms with Gasteiger partial charge in [-0.2, -0.15) is 0 Å². The number of hydrogen-bond donors (Lipinski definition) is 3. The SMILES string of the molecule is CCCCCCCCCCCCCCCCCCCCC(=O)OC[C@H](COP(=O)(O)OC[C@@H](O)COP(=O)(O)OC[C@@H](COC(=O)CCCCCCCCC)OC(=O)CCCCCCCCCCCCCC(C)C)OC(=O)CCCCCCCCCCCCCCCCCCCCC(C)CC. The molecule has 600 valence electrons. The zero-order chi connectivity index (χ0) is 74.2. The molecule has 0 rings (SSSR count). The molecule has 0 aliphatic carbocycles. The predicted molar refractivity (Wildman–Crippen MR) is 414 cm³/mol. The second kappa shape index (κ2) is 73.6. The summed E-state index contributed by atoms with van der Waals surface area (Å²) >= 11 is 0. The summed E-state index contributed by atoms with van der Waals surface area (Å²) in [5.74, 6) is -0.476. The molecule has 0 saturated heterocycles. The van der Waals surface area contributed by atoms with Crippen molar-refractivity contribution < 1.29 is 80.2 Å². The second-order valence-corrected chi connectivity index (χ2v) is 33.1. The number of carbonyl (C=O) groups excluding carboxylic acids is 4. The molecule has 0 aliphatic heterocycles. The minimum atomic E-state index is -4.96. The Morgan fingerprint density at radius 3 is 0.752 bits per heavy atom. The maximum absolute atomic E-state index is 13.1. The smallest absolute Gasteiger partial charge is 0.462 e. The van der Waals surface area contributed by atoms with Crippen molar-refractivity contribution in [2.45, 2.75) is 452 Å². The van der Waals surface area contributed by atoms with Gasteiger partial charge in [0.25, 0.3) is 0 Å². The number of phosphoric acid groups is 2. The van der Waals surface area contributed by atoms with Gasteiger partial charge in [0.05, 0.1) is 26.4 Å². The van der Waals surface area contributed by atoms with Crippen LogP contribution in [-0.4, -0.2) is 96.7 Å². The highest BCUT2D eigenvalue weighted by Gasteiger charge is 2.30. The van der Waals surface area contributed by atoms with Crippen molar-refractivity contribution in [1.82, 2.24) is 0 Å². The summed E-state index contributed by atoms with van der Waals surface area (Å²) in [5, 5.41) is 10.6. The molecule has 3 N–H and O–H groups in total. The zero-order valence-corrected chi connectivity index (χ0v) is 68.0. The third-order valence-electron chi connectivity index (χ3n) is 19.6. The molecule has 0 radical (unpaired) electrons. The maximum atomic E-state index is 13.1. The average molecular weight is 1480 g/mol. The molecule has 0 heterocycles. The topological polar surface area (TPSA) is 237 Å². The number of hydrogen-bond acceptors (Lipinski definition) is 15. The second-order valence-electron chi connectivity index (χ2n) is 30.2. The van der Waals surface area contributed by atoms with Gasteiger partial charge in [0.15, 0.2) is 12.2 Å². The van der Waals surface area contributed by atoms with E-state index in [9.17, 15) is 43.2 Å². The van der Waals surface area contributed by atoms with E-state index in [1.54, 1.807) is 0 Å². The monoisotopic (exact) mass is 1480 g/mol. The van der Waals surface area contributed by atoms with E-state index in [-0.39, 0.29) is 25.7 Å². The molecule has 0 aromatic rings. The lowest BCUT2D eigenvalue weighted by molar-refractivity contribution is -0.161. The van der Waals surface area contributed by atoms with Crippen molar-refractivity contribution >= 4 is 39.5 Å². The van der Waals surface area contributed by atoms with Crippen LogP contribution in [0, 0.1) is 11.8 Å². The van der Waals surface area contributed by atoms with Gasteiger partial charge in [-0.05, 0) is 37.5 Å². The number of rotatable bonds is 81. The fraction of sp³-hybridized carbons (Fsp3) is 0.951. The molecule has 0 spiro atoms. The fourth-order valence-electron chi connectivity index (χ4n) is 12.7. The number of esters is 4. The molecule has 3 unspecified atom stereocenters. The summed E-state index contributed by atoms with van der Waals surface area (Å²) < 4.78 is 68.6.